The first-order valence-electron chi connectivity index (χ1n) is 5.76. The van der Waals surface area contributed by atoms with E-state index in [4.69, 9.17) is 0 Å². The fourth-order valence-corrected chi connectivity index (χ4v) is 1.76. The van der Waals surface area contributed by atoms with Gasteiger partial charge in [-0.1, -0.05) is 12.1 Å². The Labute approximate surface area is 109 Å². The standard InChI is InChI=1S/C13H14F2N2O2/c1-17-7-6-10(16-17)8-12(18)9-2-4-11(5-3-9)19-13(14)15/h2-7,12-13,18H,8H2,1H3. The lowest BCUT2D eigenvalue weighted by Crippen LogP contribution is -2.04. The molecule has 0 bridgehead atoms. The monoisotopic (exact) mass is 268 g/mol. The van der Waals surface area contributed by atoms with Gasteiger partial charge in [0.15, 0.2) is 0 Å². The zero-order chi connectivity index (χ0) is 13.8. The predicted octanol–water partition coefficient (Wildman–Crippen LogP) is 2.30. The quantitative estimate of drug-likeness (QED) is 0.905. The Bertz CT molecular complexity index is 526. The summed E-state index contributed by atoms with van der Waals surface area (Å²) in [6.45, 7) is -2.84. The van der Waals surface area contributed by atoms with Gasteiger partial charge in [0.05, 0.1) is 11.8 Å². The molecule has 1 unspecified atom stereocenters. The number of ether oxygens (including phenoxy) is 1. The van der Waals surface area contributed by atoms with Crippen molar-refractivity contribution in [3.05, 3.63) is 47.8 Å². The summed E-state index contributed by atoms with van der Waals surface area (Å²) in [5.41, 5.74) is 1.40. The fraction of sp³-hybridized carbons (Fsp3) is 0.308. The van der Waals surface area contributed by atoms with E-state index in [1.807, 2.05) is 6.07 Å². The maximum atomic E-state index is 12.0. The number of rotatable bonds is 5. The van der Waals surface area contributed by atoms with E-state index in [0.717, 1.165) is 5.69 Å². The molecule has 0 saturated carbocycles. The molecule has 6 heteroatoms. The summed E-state index contributed by atoms with van der Waals surface area (Å²) < 4.78 is 29.9. The van der Waals surface area contributed by atoms with E-state index in [1.54, 1.807) is 30.1 Å². The molecule has 0 aliphatic carbocycles. The van der Waals surface area contributed by atoms with Gasteiger partial charge in [0.25, 0.3) is 0 Å². The smallest absolute Gasteiger partial charge is 0.387 e. The summed E-state index contributed by atoms with van der Waals surface area (Å²) in [7, 11) is 1.80. The van der Waals surface area contributed by atoms with Crippen molar-refractivity contribution < 1.29 is 18.6 Å². The van der Waals surface area contributed by atoms with Gasteiger partial charge < -0.3 is 9.84 Å². The molecule has 1 heterocycles. The SMILES string of the molecule is Cn1ccc(CC(O)c2ccc(OC(F)F)cc2)n1. The van der Waals surface area contributed by atoms with Crippen molar-refractivity contribution in [3.63, 3.8) is 0 Å². The van der Waals surface area contributed by atoms with Crippen molar-refractivity contribution in [2.75, 3.05) is 0 Å². The van der Waals surface area contributed by atoms with Crippen LogP contribution in [-0.2, 0) is 13.5 Å². The molecule has 4 nitrogen and oxygen atoms in total. The van der Waals surface area contributed by atoms with Gasteiger partial charge in [0.1, 0.15) is 5.75 Å². The third-order valence-electron chi connectivity index (χ3n) is 2.66. The van der Waals surface area contributed by atoms with Gasteiger partial charge in [-0.25, -0.2) is 0 Å². The normalized spacial score (nSPS) is 12.7. The number of alkyl halides is 2. The molecule has 0 aliphatic rings. The number of aliphatic hydroxyl groups excluding tert-OH is 1. The van der Waals surface area contributed by atoms with Crippen molar-refractivity contribution in [1.29, 1.82) is 0 Å². The first-order valence-corrected chi connectivity index (χ1v) is 5.76. The molecule has 2 rings (SSSR count). The maximum Gasteiger partial charge on any atom is 0.387 e. The Kier molecular flexibility index (Phi) is 4.11. The Morgan fingerprint density at radius 3 is 2.47 bits per heavy atom. The summed E-state index contributed by atoms with van der Waals surface area (Å²) in [4.78, 5) is 0. The van der Waals surface area contributed by atoms with E-state index in [1.165, 1.54) is 12.1 Å². The van der Waals surface area contributed by atoms with Crippen LogP contribution in [0.1, 0.15) is 17.4 Å². The number of hydrogen-bond acceptors (Lipinski definition) is 3. The number of hydrogen-bond donors (Lipinski definition) is 1. The molecule has 0 amide bonds. The van der Waals surface area contributed by atoms with E-state index >= 15 is 0 Å². The number of aliphatic hydroxyl groups is 1. The minimum Gasteiger partial charge on any atom is -0.435 e. The third-order valence-corrected chi connectivity index (χ3v) is 2.66. The second-order valence-corrected chi connectivity index (χ2v) is 4.15. The van der Waals surface area contributed by atoms with Crippen LogP contribution in [0, 0.1) is 0 Å². The first-order chi connectivity index (χ1) is 9.04. The second kappa shape index (κ2) is 5.79. The Morgan fingerprint density at radius 2 is 1.95 bits per heavy atom. The molecule has 0 radical (unpaired) electrons. The van der Waals surface area contributed by atoms with Crippen LogP contribution in [0.5, 0.6) is 5.75 Å². The molecule has 2 aromatic rings. The van der Waals surface area contributed by atoms with Gasteiger partial charge in [-0.2, -0.15) is 13.9 Å². The second-order valence-electron chi connectivity index (χ2n) is 4.15. The van der Waals surface area contributed by atoms with Gasteiger partial charge in [-0.3, -0.25) is 4.68 Å². The van der Waals surface area contributed by atoms with Gasteiger partial charge in [0.2, 0.25) is 0 Å². The zero-order valence-electron chi connectivity index (χ0n) is 10.3. The predicted molar refractivity (Wildman–Crippen MR) is 64.9 cm³/mol. The van der Waals surface area contributed by atoms with Crippen LogP contribution in [0.4, 0.5) is 8.78 Å². The molecule has 0 aliphatic heterocycles. The lowest BCUT2D eigenvalue weighted by molar-refractivity contribution is -0.0498. The van der Waals surface area contributed by atoms with Crippen LogP contribution in [0.15, 0.2) is 36.5 Å². The van der Waals surface area contributed by atoms with E-state index in [2.05, 4.69) is 9.84 Å². The molecule has 1 aromatic heterocycles. The number of halogens is 2. The third kappa shape index (κ3) is 3.75. The first kappa shape index (κ1) is 13.5. The molecule has 102 valence electrons. The lowest BCUT2D eigenvalue weighted by atomic mass is 10.1. The highest BCUT2D eigenvalue weighted by Crippen LogP contribution is 2.21. The highest BCUT2D eigenvalue weighted by molar-refractivity contribution is 5.29. The minimum atomic E-state index is -2.84. The lowest BCUT2D eigenvalue weighted by Gasteiger charge is -2.10. The molecule has 1 atom stereocenters. The molecule has 0 fully saturated rings. The Hall–Kier alpha value is -1.95. The summed E-state index contributed by atoms with van der Waals surface area (Å²) in [6.07, 6.45) is 1.44. The van der Waals surface area contributed by atoms with Crippen molar-refractivity contribution in [1.82, 2.24) is 9.78 Å². The van der Waals surface area contributed by atoms with Crippen LogP contribution in [0.3, 0.4) is 0 Å². The number of aromatic nitrogens is 2. The van der Waals surface area contributed by atoms with Crippen LogP contribution in [0.2, 0.25) is 0 Å². The van der Waals surface area contributed by atoms with Gasteiger partial charge in [0, 0.05) is 19.7 Å². The highest BCUT2D eigenvalue weighted by Gasteiger charge is 2.11. The summed E-state index contributed by atoms with van der Waals surface area (Å²) in [5, 5.41) is 14.2. The number of aryl methyl sites for hydroxylation is 1. The molecule has 1 aromatic carbocycles. The van der Waals surface area contributed by atoms with Crippen LogP contribution in [-0.4, -0.2) is 21.5 Å². The molecular weight excluding hydrogens is 254 g/mol. The summed E-state index contributed by atoms with van der Waals surface area (Å²) in [6, 6.07) is 7.75. The summed E-state index contributed by atoms with van der Waals surface area (Å²) >= 11 is 0. The average molecular weight is 268 g/mol. The van der Waals surface area contributed by atoms with Gasteiger partial charge in [-0.15, -0.1) is 0 Å². The van der Waals surface area contributed by atoms with E-state index in [-0.39, 0.29) is 5.75 Å². The largest absolute Gasteiger partial charge is 0.435 e. The van der Waals surface area contributed by atoms with Crippen molar-refractivity contribution in [2.24, 2.45) is 7.05 Å². The van der Waals surface area contributed by atoms with Gasteiger partial charge >= 0.3 is 6.61 Å². The highest BCUT2D eigenvalue weighted by atomic mass is 19.3. The minimum absolute atomic E-state index is 0.0730. The topological polar surface area (TPSA) is 47.3 Å². The molecule has 0 spiro atoms. The molecule has 19 heavy (non-hydrogen) atoms. The maximum absolute atomic E-state index is 12.0. The van der Waals surface area contributed by atoms with Crippen molar-refractivity contribution in [2.45, 2.75) is 19.1 Å². The van der Waals surface area contributed by atoms with Crippen molar-refractivity contribution >= 4 is 0 Å². The number of benzene rings is 1. The zero-order valence-corrected chi connectivity index (χ0v) is 10.3. The fourth-order valence-electron chi connectivity index (χ4n) is 1.76. The molecule has 0 saturated heterocycles. The summed E-state index contributed by atoms with van der Waals surface area (Å²) in [5.74, 6) is 0.0730. The van der Waals surface area contributed by atoms with E-state index < -0.39 is 12.7 Å². The Balaban J connectivity index is 2.01. The average Bonchev–Trinajstić information content (AvgIpc) is 2.75. The Morgan fingerprint density at radius 1 is 1.26 bits per heavy atom. The van der Waals surface area contributed by atoms with Crippen LogP contribution in [0.25, 0.3) is 0 Å². The van der Waals surface area contributed by atoms with Crippen LogP contribution < -0.4 is 4.74 Å². The number of nitrogens with zero attached hydrogens (tertiary/aromatic N) is 2. The van der Waals surface area contributed by atoms with Crippen LogP contribution >= 0.6 is 0 Å². The molecular formula is C13H14F2N2O2. The molecule has 1 N–H and O–H groups in total. The van der Waals surface area contributed by atoms with E-state index in [0.29, 0.717) is 12.0 Å². The van der Waals surface area contributed by atoms with Gasteiger partial charge in [-0.05, 0) is 23.8 Å². The van der Waals surface area contributed by atoms with Crippen molar-refractivity contribution in [3.8, 4) is 5.75 Å². The van der Waals surface area contributed by atoms with E-state index in [9.17, 15) is 13.9 Å².